The standard InChI is InChI=1S/C15H11N3O4/c1-21-13-7-6-10(17-18-13)14(19)16-11-8-9-4-2-3-5-12(9)22-15(11)20/h2-8H,1H3,(H,16,19). The van der Waals surface area contributed by atoms with Gasteiger partial charge in [-0.15, -0.1) is 10.2 Å². The molecule has 2 heterocycles. The van der Waals surface area contributed by atoms with Crippen LogP contribution in [0.5, 0.6) is 5.88 Å². The third-order valence-electron chi connectivity index (χ3n) is 2.97. The number of anilines is 1. The smallest absolute Gasteiger partial charge is 0.360 e. The molecule has 0 saturated heterocycles. The first-order valence-electron chi connectivity index (χ1n) is 6.39. The number of rotatable bonds is 3. The molecule has 0 spiro atoms. The quantitative estimate of drug-likeness (QED) is 0.741. The van der Waals surface area contributed by atoms with Crippen molar-refractivity contribution in [3.63, 3.8) is 0 Å². The van der Waals surface area contributed by atoms with E-state index in [0.29, 0.717) is 16.8 Å². The molecule has 0 aliphatic rings. The highest BCUT2D eigenvalue weighted by Crippen LogP contribution is 2.15. The molecule has 0 atom stereocenters. The monoisotopic (exact) mass is 297 g/mol. The van der Waals surface area contributed by atoms with E-state index in [-0.39, 0.29) is 11.4 Å². The van der Waals surface area contributed by atoms with Gasteiger partial charge in [0.2, 0.25) is 5.88 Å². The van der Waals surface area contributed by atoms with Gasteiger partial charge in [0.05, 0.1) is 7.11 Å². The summed E-state index contributed by atoms with van der Waals surface area (Å²) < 4.78 is 10.0. The Morgan fingerprint density at radius 2 is 2.00 bits per heavy atom. The maximum Gasteiger partial charge on any atom is 0.360 e. The van der Waals surface area contributed by atoms with Crippen molar-refractivity contribution in [3.05, 3.63) is 58.6 Å². The SMILES string of the molecule is COc1ccc(C(=O)Nc2cc3ccccc3oc2=O)nn1. The van der Waals surface area contributed by atoms with Gasteiger partial charge in [0.25, 0.3) is 5.91 Å². The highest BCUT2D eigenvalue weighted by Gasteiger charge is 2.12. The summed E-state index contributed by atoms with van der Waals surface area (Å²) in [5.41, 5.74) is -0.0714. The van der Waals surface area contributed by atoms with Crippen molar-refractivity contribution in [2.45, 2.75) is 0 Å². The fraction of sp³-hybridized carbons (Fsp3) is 0.0667. The molecule has 3 rings (SSSR count). The van der Waals surface area contributed by atoms with Gasteiger partial charge >= 0.3 is 5.63 Å². The average Bonchev–Trinajstić information content (AvgIpc) is 2.55. The molecule has 0 unspecified atom stereocenters. The number of nitrogens with one attached hydrogen (secondary N) is 1. The van der Waals surface area contributed by atoms with E-state index in [4.69, 9.17) is 9.15 Å². The zero-order valence-corrected chi connectivity index (χ0v) is 11.6. The van der Waals surface area contributed by atoms with E-state index < -0.39 is 11.5 Å². The van der Waals surface area contributed by atoms with Gasteiger partial charge in [0.1, 0.15) is 11.3 Å². The first-order chi connectivity index (χ1) is 10.7. The number of amides is 1. The van der Waals surface area contributed by atoms with E-state index in [1.807, 2.05) is 6.07 Å². The summed E-state index contributed by atoms with van der Waals surface area (Å²) in [7, 11) is 1.45. The maximum absolute atomic E-state index is 12.1. The maximum atomic E-state index is 12.1. The van der Waals surface area contributed by atoms with Crippen molar-refractivity contribution < 1.29 is 13.9 Å². The lowest BCUT2D eigenvalue weighted by Crippen LogP contribution is -2.19. The molecule has 0 saturated carbocycles. The van der Waals surface area contributed by atoms with Crippen molar-refractivity contribution in [1.29, 1.82) is 0 Å². The molecule has 110 valence electrons. The van der Waals surface area contributed by atoms with Crippen molar-refractivity contribution in [2.24, 2.45) is 0 Å². The summed E-state index contributed by atoms with van der Waals surface area (Å²) in [6, 6.07) is 11.5. The van der Waals surface area contributed by atoms with Crippen LogP contribution in [-0.2, 0) is 0 Å². The highest BCUT2D eigenvalue weighted by molar-refractivity contribution is 6.03. The molecule has 0 fully saturated rings. The number of carbonyl (C=O) groups is 1. The van der Waals surface area contributed by atoms with Crippen LogP contribution in [0.1, 0.15) is 10.5 Å². The van der Waals surface area contributed by atoms with Gasteiger partial charge in [0, 0.05) is 11.5 Å². The molecule has 1 amide bonds. The minimum Gasteiger partial charge on any atom is -0.480 e. The number of fused-ring (bicyclic) bond motifs is 1. The number of hydrogen-bond donors (Lipinski definition) is 1. The summed E-state index contributed by atoms with van der Waals surface area (Å²) in [6.07, 6.45) is 0. The average molecular weight is 297 g/mol. The van der Waals surface area contributed by atoms with Crippen molar-refractivity contribution in [2.75, 3.05) is 12.4 Å². The van der Waals surface area contributed by atoms with Crippen LogP contribution >= 0.6 is 0 Å². The van der Waals surface area contributed by atoms with Crippen LogP contribution in [0.2, 0.25) is 0 Å². The van der Waals surface area contributed by atoms with Gasteiger partial charge in [-0.1, -0.05) is 18.2 Å². The minimum absolute atomic E-state index is 0.0429. The number of aromatic nitrogens is 2. The zero-order chi connectivity index (χ0) is 15.5. The normalized spacial score (nSPS) is 10.4. The molecule has 1 aromatic carbocycles. The number of methoxy groups -OCH3 is 1. The lowest BCUT2D eigenvalue weighted by atomic mass is 10.2. The summed E-state index contributed by atoms with van der Waals surface area (Å²) in [5.74, 6) is -0.264. The Morgan fingerprint density at radius 1 is 1.18 bits per heavy atom. The van der Waals surface area contributed by atoms with Crippen LogP contribution in [-0.4, -0.2) is 23.2 Å². The zero-order valence-electron chi connectivity index (χ0n) is 11.6. The molecule has 0 aliphatic carbocycles. The van der Waals surface area contributed by atoms with Gasteiger partial charge < -0.3 is 14.5 Å². The van der Waals surface area contributed by atoms with Crippen molar-refractivity contribution in [1.82, 2.24) is 10.2 Å². The van der Waals surface area contributed by atoms with Crippen molar-refractivity contribution in [3.8, 4) is 5.88 Å². The van der Waals surface area contributed by atoms with Crippen LogP contribution in [0, 0.1) is 0 Å². The van der Waals surface area contributed by atoms with Crippen LogP contribution < -0.4 is 15.7 Å². The Bertz CT molecular complexity index is 887. The molecule has 22 heavy (non-hydrogen) atoms. The van der Waals surface area contributed by atoms with Crippen LogP contribution in [0.15, 0.2) is 51.7 Å². The van der Waals surface area contributed by atoms with Crippen LogP contribution in [0.4, 0.5) is 5.69 Å². The fourth-order valence-electron chi connectivity index (χ4n) is 1.89. The van der Waals surface area contributed by atoms with Gasteiger partial charge in [-0.05, 0) is 18.2 Å². The second kappa shape index (κ2) is 5.65. The third-order valence-corrected chi connectivity index (χ3v) is 2.97. The number of nitrogens with zero attached hydrogens (tertiary/aromatic N) is 2. The van der Waals surface area contributed by atoms with E-state index in [9.17, 15) is 9.59 Å². The Morgan fingerprint density at radius 3 is 2.73 bits per heavy atom. The summed E-state index contributed by atoms with van der Waals surface area (Å²) in [5, 5.41) is 10.6. The molecular weight excluding hydrogens is 286 g/mol. The van der Waals surface area contributed by atoms with Crippen LogP contribution in [0.25, 0.3) is 11.0 Å². The Hall–Kier alpha value is -3.22. The number of benzene rings is 1. The highest BCUT2D eigenvalue weighted by atomic mass is 16.5. The Kier molecular flexibility index (Phi) is 3.53. The topological polar surface area (TPSA) is 94.3 Å². The van der Waals surface area contributed by atoms with E-state index in [2.05, 4.69) is 15.5 Å². The number of hydrogen-bond acceptors (Lipinski definition) is 6. The minimum atomic E-state index is -0.631. The molecule has 1 N–H and O–H groups in total. The summed E-state index contributed by atoms with van der Waals surface area (Å²) in [4.78, 5) is 23.9. The molecule has 3 aromatic rings. The predicted octanol–water partition coefficient (Wildman–Crippen LogP) is 1.84. The van der Waals surface area contributed by atoms with E-state index in [1.54, 1.807) is 24.3 Å². The molecule has 0 radical (unpaired) electrons. The lowest BCUT2D eigenvalue weighted by molar-refractivity contribution is 0.102. The fourth-order valence-corrected chi connectivity index (χ4v) is 1.89. The second-order valence-corrected chi connectivity index (χ2v) is 4.40. The van der Waals surface area contributed by atoms with E-state index in [1.165, 1.54) is 19.2 Å². The molecule has 2 aromatic heterocycles. The van der Waals surface area contributed by atoms with Crippen LogP contribution in [0.3, 0.4) is 0 Å². The molecule has 7 nitrogen and oxygen atoms in total. The van der Waals surface area contributed by atoms with Gasteiger partial charge in [-0.3, -0.25) is 4.79 Å². The predicted molar refractivity (Wildman–Crippen MR) is 79.0 cm³/mol. The first kappa shape index (κ1) is 13.7. The first-order valence-corrected chi connectivity index (χ1v) is 6.39. The molecule has 7 heteroatoms. The van der Waals surface area contributed by atoms with Gasteiger partial charge in [-0.2, -0.15) is 0 Å². The number of ether oxygens (including phenoxy) is 1. The second-order valence-electron chi connectivity index (χ2n) is 4.40. The summed E-state index contributed by atoms with van der Waals surface area (Å²) in [6.45, 7) is 0. The van der Waals surface area contributed by atoms with Gasteiger partial charge in [-0.25, -0.2) is 4.79 Å². The lowest BCUT2D eigenvalue weighted by Gasteiger charge is -2.04. The largest absolute Gasteiger partial charge is 0.480 e. The van der Waals surface area contributed by atoms with E-state index >= 15 is 0 Å². The van der Waals surface area contributed by atoms with Crippen molar-refractivity contribution >= 4 is 22.6 Å². The molecule has 0 bridgehead atoms. The number of para-hydroxylation sites is 1. The summed E-state index contributed by atoms with van der Waals surface area (Å²) >= 11 is 0. The molecular formula is C15H11N3O4. The van der Waals surface area contributed by atoms with E-state index in [0.717, 1.165) is 0 Å². The number of carbonyl (C=O) groups excluding carboxylic acids is 1. The molecule has 0 aliphatic heterocycles. The Labute approximate surface area is 124 Å². The van der Waals surface area contributed by atoms with Gasteiger partial charge in [0.15, 0.2) is 5.69 Å². The Balaban J connectivity index is 1.90. The third kappa shape index (κ3) is 2.64.